The Hall–Kier alpha value is -1.68. The van der Waals surface area contributed by atoms with Crippen LogP contribution in [0, 0.1) is 6.92 Å². The molecule has 0 saturated heterocycles. The van der Waals surface area contributed by atoms with Crippen molar-refractivity contribution in [3.8, 4) is 0 Å². The predicted molar refractivity (Wildman–Crippen MR) is 76.3 cm³/mol. The number of amides is 1. The van der Waals surface area contributed by atoms with E-state index in [2.05, 4.69) is 5.32 Å². The van der Waals surface area contributed by atoms with E-state index in [9.17, 15) is 9.59 Å². The van der Waals surface area contributed by atoms with Crippen molar-refractivity contribution in [3.63, 3.8) is 0 Å². The first-order valence-corrected chi connectivity index (χ1v) is 6.66. The Bertz CT molecular complexity index is 444. The minimum Gasteiger partial charge on any atom is -0.355 e. The zero-order chi connectivity index (χ0) is 14.3. The van der Waals surface area contributed by atoms with Crippen molar-refractivity contribution < 1.29 is 9.59 Å². The van der Waals surface area contributed by atoms with Crippen LogP contribution in [0.2, 0.25) is 0 Å². The zero-order valence-corrected chi connectivity index (χ0v) is 11.9. The molecule has 0 aliphatic carbocycles. The van der Waals surface area contributed by atoms with Crippen LogP contribution in [-0.4, -0.2) is 42.8 Å². The standard InChI is InChI=1S/C15H22N2O2/c1-4-16-15(19)11-17(5-2)10-14(18)13-9-7-6-8-12(13)3/h6-9H,4-5,10-11H2,1-3H3,(H,16,19). The molecular formula is C15H22N2O2. The van der Waals surface area contributed by atoms with Crippen LogP contribution in [0.1, 0.15) is 29.8 Å². The highest BCUT2D eigenvalue weighted by Gasteiger charge is 2.15. The lowest BCUT2D eigenvalue weighted by Crippen LogP contribution is -2.39. The van der Waals surface area contributed by atoms with Crippen LogP contribution in [0.3, 0.4) is 0 Å². The number of likely N-dealkylation sites (N-methyl/N-ethyl adjacent to an activating group) is 2. The third-order valence-corrected chi connectivity index (χ3v) is 3.00. The summed E-state index contributed by atoms with van der Waals surface area (Å²) in [5.74, 6) is 0.0196. The number of aryl methyl sites for hydroxylation is 1. The highest BCUT2D eigenvalue weighted by Crippen LogP contribution is 2.08. The third-order valence-electron chi connectivity index (χ3n) is 3.00. The van der Waals surface area contributed by atoms with Crippen molar-refractivity contribution >= 4 is 11.7 Å². The maximum atomic E-state index is 12.2. The summed E-state index contributed by atoms with van der Waals surface area (Å²) in [6, 6.07) is 7.53. The van der Waals surface area contributed by atoms with Gasteiger partial charge in [0.15, 0.2) is 5.78 Å². The monoisotopic (exact) mass is 262 g/mol. The number of carbonyl (C=O) groups excluding carboxylic acids is 2. The molecule has 0 aromatic heterocycles. The second-order valence-corrected chi connectivity index (χ2v) is 4.49. The van der Waals surface area contributed by atoms with E-state index in [0.29, 0.717) is 13.1 Å². The van der Waals surface area contributed by atoms with Crippen molar-refractivity contribution in [2.75, 3.05) is 26.2 Å². The van der Waals surface area contributed by atoms with Gasteiger partial charge in [-0.2, -0.15) is 0 Å². The third kappa shape index (κ3) is 4.83. The smallest absolute Gasteiger partial charge is 0.234 e. The van der Waals surface area contributed by atoms with Gasteiger partial charge in [0, 0.05) is 12.1 Å². The summed E-state index contributed by atoms with van der Waals surface area (Å²) in [7, 11) is 0. The SMILES string of the molecule is CCNC(=O)CN(CC)CC(=O)c1ccccc1C. The molecule has 0 heterocycles. The van der Waals surface area contributed by atoms with E-state index in [1.807, 2.05) is 49.9 Å². The van der Waals surface area contributed by atoms with Crippen LogP contribution in [0.15, 0.2) is 24.3 Å². The van der Waals surface area contributed by atoms with Crippen molar-refractivity contribution in [2.24, 2.45) is 0 Å². The van der Waals surface area contributed by atoms with Gasteiger partial charge >= 0.3 is 0 Å². The van der Waals surface area contributed by atoms with Crippen molar-refractivity contribution in [3.05, 3.63) is 35.4 Å². The topological polar surface area (TPSA) is 49.4 Å². The van der Waals surface area contributed by atoms with Crippen molar-refractivity contribution in [1.29, 1.82) is 0 Å². The molecule has 4 heteroatoms. The van der Waals surface area contributed by atoms with Crippen LogP contribution in [0.4, 0.5) is 0 Å². The Morgan fingerprint density at radius 2 is 1.84 bits per heavy atom. The largest absolute Gasteiger partial charge is 0.355 e. The maximum Gasteiger partial charge on any atom is 0.234 e. The van der Waals surface area contributed by atoms with Crippen LogP contribution < -0.4 is 5.32 Å². The van der Waals surface area contributed by atoms with Gasteiger partial charge in [0.2, 0.25) is 5.91 Å². The van der Waals surface area contributed by atoms with Crippen LogP contribution in [0.5, 0.6) is 0 Å². The van der Waals surface area contributed by atoms with Crippen molar-refractivity contribution in [2.45, 2.75) is 20.8 Å². The average molecular weight is 262 g/mol. The molecule has 0 radical (unpaired) electrons. The molecule has 1 aromatic carbocycles. The lowest BCUT2D eigenvalue weighted by atomic mass is 10.0. The summed E-state index contributed by atoms with van der Waals surface area (Å²) in [5, 5.41) is 2.74. The maximum absolute atomic E-state index is 12.2. The fourth-order valence-corrected chi connectivity index (χ4v) is 1.91. The highest BCUT2D eigenvalue weighted by molar-refractivity contribution is 5.99. The molecule has 1 N–H and O–H groups in total. The van der Waals surface area contributed by atoms with Gasteiger partial charge in [0.1, 0.15) is 0 Å². The van der Waals surface area contributed by atoms with E-state index >= 15 is 0 Å². The Morgan fingerprint density at radius 3 is 2.42 bits per heavy atom. The minimum absolute atomic E-state index is 0.0399. The average Bonchev–Trinajstić information content (AvgIpc) is 2.38. The van der Waals surface area contributed by atoms with E-state index in [4.69, 9.17) is 0 Å². The summed E-state index contributed by atoms with van der Waals surface area (Å²) >= 11 is 0. The molecule has 0 aliphatic rings. The van der Waals surface area contributed by atoms with Crippen LogP contribution >= 0.6 is 0 Å². The fourth-order valence-electron chi connectivity index (χ4n) is 1.91. The molecule has 0 fully saturated rings. The Morgan fingerprint density at radius 1 is 1.16 bits per heavy atom. The lowest BCUT2D eigenvalue weighted by Gasteiger charge is -2.19. The molecule has 0 aliphatic heterocycles. The van der Waals surface area contributed by atoms with Gasteiger partial charge in [0.05, 0.1) is 13.1 Å². The molecule has 0 atom stereocenters. The molecule has 104 valence electrons. The molecule has 0 bridgehead atoms. The van der Waals surface area contributed by atoms with E-state index < -0.39 is 0 Å². The molecule has 0 spiro atoms. The zero-order valence-electron chi connectivity index (χ0n) is 11.9. The number of carbonyl (C=O) groups is 2. The van der Waals surface area contributed by atoms with Gasteiger partial charge in [-0.25, -0.2) is 0 Å². The molecule has 1 rings (SSSR count). The Labute approximate surface area is 114 Å². The summed E-state index contributed by atoms with van der Waals surface area (Å²) in [6.07, 6.45) is 0. The second kappa shape index (κ2) is 7.69. The molecule has 0 unspecified atom stereocenters. The summed E-state index contributed by atoms with van der Waals surface area (Å²) in [5.41, 5.74) is 1.71. The molecule has 1 amide bonds. The Kier molecular flexibility index (Phi) is 6.22. The predicted octanol–water partition coefficient (Wildman–Crippen LogP) is 1.64. The number of nitrogens with one attached hydrogen (secondary N) is 1. The molecular weight excluding hydrogens is 240 g/mol. The Balaban J connectivity index is 2.63. The van der Waals surface area contributed by atoms with E-state index in [1.165, 1.54) is 0 Å². The molecule has 0 saturated carbocycles. The number of nitrogens with zero attached hydrogens (tertiary/aromatic N) is 1. The number of benzene rings is 1. The second-order valence-electron chi connectivity index (χ2n) is 4.49. The number of hydrogen-bond donors (Lipinski definition) is 1. The number of rotatable bonds is 7. The summed E-state index contributed by atoms with van der Waals surface area (Å²) < 4.78 is 0. The van der Waals surface area contributed by atoms with Crippen LogP contribution in [0.25, 0.3) is 0 Å². The van der Waals surface area contributed by atoms with Crippen LogP contribution in [-0.2, 0) is 4.79 Å². The van der Waals surface area contributed by atoms with Gasteiger partial charge in [-0.05, 0) is 26.0 Å². The first-order valence-electron chi connectivity index (χ1n) is 6.66. The van der Waals surface area contributed by atoms with Gasteiger partial charge in [-0.15, -0.1) is 0 Å². The van der Waals surface area contributed by atoms with Gasteiger partial charge < -0.3 is 5.32 Å². The first kappa shape index (κ1) is 15.4. The summed E-state index contributed by atoms with van der Waals surface area (Å²) in [6.45, 7) is 7.58. The van der Waals surface area contributed by atoms with E-state index in [0.717, 1.165) is 11.1 Å². The normalized spacial score (nSPS) is 10.5. The highest BCUT2D eigenvalue weighted by atomic mass is 16.2. The fraction of sp³-hybridized carbons (Fsp3) is 0.467. The summed E-state index contributed by atoms with van der Waals surface area (Å²) in [4.78, 5) is 25.6. The first-order chi connectivity index (χ1) is 9.08. The van der Waals surface area contributed by atoms with Gasteiger partial charge in [-0.3, -0.25) is 14.5 Å². The van der Waals surface area contributed by atoms with Crippen molar-refractivity contribution in [1.82, 2.24) is 10.2 Å². The molecule has 1 aromatic rings. The molecule has 4 nitrogen and oxygen atoms in total. The van der Waals surface area contributed by atoms with Gasteiger partial charge in [0.25, 0.3) is 0 Å². The number of Topliss-reactive ketones (excluding diaryl/α,β-unsaturated/α-hetero) is 1. The van der Waals surface area contributed by atoms with E-state index in [1.54, 1.807) is 0 Å². The number of hydrogen-bond acceptors (Lipinski definition) is 3. The molecule has 19 heavy (non-hydrogen) atoms. The minimum atomic E-state index is -0.0399. The number of ketones is 1. The lowest BCUT2D eigenvalue weighted by molar-refractivity contribution is -0.121. The quantitative estimate of drug-likeness (QED) is 0.760. The van der Waals surface area contributed by atoms with Gasteiger partial charge in [-0.1, -0.05) is 31.2 Å². The van der Waals surface area contributed by atoms with E-state index in [-0.39, 0.29) is 24.8 Å².